The van der Waals surface area contributed by atoms with E-state index in [-0.39, 0.29) is 18.1 Å². The molecule has 0 aliphatic rings. The van der Waals surface area contributed by atoms with Gasteiger partial charge in [0, 0.05) is 16.8 Å². The van der Waals surface area contributed by atoms with Crippen LogP contribution in [0.1, 0.15) is 0 Å². The Kier molecular flexibility index (Phi) is 3.97. The maximum absolute atomic E-state index is 12.1. The van der Waals surface area contributed by atoms with Gasteiger partial charge in [0.25, 0.3) is 0 Å². The normalized spacial score (nSPS) is 10.8. The number of anilines is 1. The topological polar surface area (TPSA) is 68.4 Å². The van der Waals surface area contributed by atoms with Gasteiger partial charge < -0.3 is 5.32 Å². The van der Waals surface area contributed by atoms with E-state index < -0.39 is 0 Å². The Bertz CT molecular complexity index is 867. The van der Waals surface area contributed by atoms with Crippen molar-refractivity contribution >= 4 is 29.0 Å². The van der Waals surface area contributed by atoms with Crippen LogP contribution in [0.25, 0.3) is 5.65 Å². The number of rotatable bonds is 4. The Labute approximate surface area is 130 Å². The Morgan fingerprint density at radius 3 is 2.68 bits per heavy atom. The number of carbonyl (C=O) groups is 1. The molecule has 2 heterocycles. The average molecular weight is 314 g/mol. The molecule has 112 valence electrons. The van der Waals surface area contributed by atoms with Crippen molar-refractivity contribution in [2.45, 2.75) is 11.4 Å². The number of fused-ring (bicyclic) bond motifs is 1. The fraction of sp³-hybridized carbons (Fsp3) is 0.133. The van der Waals surface area contributed by atoms with E-state index >= 15 is 0 Å². The first-order chi connectivity index (χ1) is 10.7. The summed E-state index contributed by atoms with van der Waals surface area (Å²) in [6, 6.07) is 12.8. The molecule has 0 unspecified atom stereocenters. The molecule has 1 amide bonds. The molecule has 1 aromatic carbocycles. The molecular weight excluding hydrogens is 300 g/mol. The van der Waals surface area contributed by atoms with E-state index in [1.165, 1.54) is 4.40 Å². The maximum atomic E-state index is 12.1. The van der Waals surface area contributed by atoms with Crippen molar-refractivity contribution in [3.8, 4) is 0 Å². The van der Waals surface area contributed by atoms with Crippen LogP contribution in [-0.4, -0.2) is 26.3 Å². The summed E-state index contributed by atoms with van der Waals surface area (Å²) in [7, 11) is 0. The summed E-state index contributed by atoms with van der Waals surface area (Å²) >= 11 is 1.63. The number of pyridine rings is 1. The number of hydrogen-bond acceptors (Lipinski definition) is 4. The minimum Gasteiger partial charge on any atom is -0.324 e. The van der Waals surface area contributed by atoms with Crippen LogP contribution >= 0.6 is 11.8 Å². The molecule has 0 atom stereocenters. The summed E-state index contributed by atoms with van der Waals surface area (Å²) in [6.07, 6.45) is 3.61. The van der Waals surface area contributed by atoms with E-state index in [9.17, 15) is 9.59 Å². The van der Waals surface area contributed by atoms with Gasteiger partial charge in [0.15, 0.2) is 5.65 Å². The van der Waals surface area contributed by atoms with Crippen molar-refractivity contribution < 1.29 is 4.79 Å². The van der Waals surface area contributed by atoms with Crippen LogP contribution in [-0.2, 0) is 11.3 Å². The molecule has 3 aromatic rings. The quantitative estimate of drug-likeness (QED) is 0.746. The zero-order valence-corrected chi connectivity index (χ0v) is 12.7. The summed E-state index contributed by atoms with van der Waals surface area (Å²) in [5.41, 5.74) is 0.882. The largest absolute Gasteiger partial charge is 0.350 e. The van der Waals surface area contributed by atoms with Crippen molar-refractivity contribution in [2.24, 2.45) is 0 Å². The van der Waals surface area contributed by atoms with Crippen LogP contribution in [0.2, 0.25) is 0 Å². The standard InChI is InChI=1S/C15H14N4O2S/c1-22-12-7-5-11(6-8-12)16-14(20)10-19-15(21)18-9-3-2-4-13(18)17-19/h2-9H,10H2,1H3,(H,16,20). The van der Waals surface area contributed by atoms with Crippen LogP contribution in [0.4, 0.5) is 5.69 Å². The Morgan fingerprint density at radius 1 is 1.23 bits per heavy atom. The van der Waals surface area contributed by atoms with Crippen molar-refractivity contribution in [1.82, 2.24) is 14.2 Å². The van der Waals surface area contributed by atoms with Gasteiger partial charge in [-0.25, -0.2) is 9.48 Å². The highest BCUT2D eigenvalue weighted by Crippen LogP contribution is 2.17. The third kappa shape index (κ3) is 2.89. The lowest BCUT2D eigenvalue weighted by atomic mass is 10.3. The molecule has 7 heteroatoms. The number of benzene rings is 1. The van der Waals surface area contributed by atoms with Gasteiger partial charge in [-0.1, -0.05) is 6.07 Å². The molecule has 0 saturated heterocycles. The third-order valence-electron chi connectivity index (χ3n) is 3.16. The lowest BCUT2D eigenvalue weighted by Gasteiger charge is -2.05. The fourth-order valence-electron chi connectivity index (χ4n) is 2.08. The Morgan fingerprint density at radius 2 is 2.00 bits per heavy atom. The molecule has 0 aliphatic carbocycles. The van der Waals surface area contributed by atoms with Crippen LogP contribution < -0.4 is 11.0 Å². The number of amides is 1. The van der Waals surface area contributed by atoms with E-state index in [4.69, 9.17) is 0 Å². The van der Waals surface area contributed by atoms with E-state index in [0.29, 0.717) is 11.3 Å². The van der Waals surface area contributed by atoms with E-state index in [1.54, 1.807) is 36.2 Å². The fourth-order valence-corrected chi connectivity index (χ4v) is 2.49. The number of nitrogens with one attached hydrogen (secondary N) is 1. The summed E-state index contributed by atoms with van der Waals surface area (Å²) in [6.45, 7) is -0.120. The van der Waals surface area contributed by atoms with Crippen LogP contribution in [0.15, 0.2) is 58.4 Å². The molecule has 0 saturated carbocycles. The van der Waals surface area contributed by atoms with Crippen LogP contribution in [0.5, 0.6) is 0 Å². The maximum Gasteiger partial charge on any atom is 0.350 e. The summed E-state index contributed by atoms with van der Waals surface area (Å²) in [4.78, 5) is 25.2. The molecule has 3 rings (SSSR count). The molecular formula is C15H14N4O2S. The summed E-state index contributed by atoms with van der Waals surface area (Å²) in [5, 5.41) is 6.88. The second-order valence-electron chi connectivity index (χ2n) is 4.65. The smallest absolute Gasteiger partial charge is 0.324 e. The first kappa shape index (κ1) is 14.4. The molecule has 0 fully saturated rings. The van der Waals surface area contributed by atoms with Gasteiger partial charge in [-0.05, 0) is 42.7 Å². The molecule has 0 aliphatic heterocycles. The monoisotopic (exact) mass is 314 g/mol. The molecule has 0 radical (unpaired) electrons. The van der Waals surface area contributed by atoms with Gasteiger partial charge >= 0.3 is 5.69 Å². The first-order valence-corrected chi connectivity index (χ1v) is 7.88. The third-order valence-corrected chi connectivity index (χ3v) is 3.90. The minimum atomic E-state index is -0.330. The Hall–Kier alpha value is -2.54. The van der Waals surface area contributed by atoms with E-state index in [0.717, 1.165) is 9.58 Å². The van der Waals surface area contributed by atoms with Gasteiger partial charge in [-0.2, -0.15) is 0 Å². The van der Waals surface area contributed by atoms with Crippen LogP contribution in [0, 0.1) is 0 Å². The number of hydrogen-bond donors (Lipinski definition) is 1. The number of nitrogens with zero attached hydrogens (tertiary/aromatic N) is 3. The van der Waals surface area contributed by atoms with Gasteiger partial charge in [-0.15, -0.1) is 16.9 Å². The molecule has 6 nitrogen and oxygen atoms in total. The average Bonchev–Trinajstić information content (AvgIpc) is 2.84. The lowest BCUT2D eigenvalue weighted by Crippen LogP contribution is -2.28. The number of thioether (sulfide) groups is 1. The van der Waals surface area contributed by atoms with Crippen molar-refractivity contribution in [3.05, 3.63) is 59.1 Å². The summed E-state index contributed by atoms with van der Waals surface area (Å²) in [5.74, 6) is -0.289. The number of aromatic nitrogens is 3. The van der Waals surface area contributed by atoms with Crippen molar-refractivity contribution in [2.75, 3.05) is 11.6 Å². The highest BCUT2D eigenvalue weighted by molar-refractivity contribution is 7.98. The lowest BCUT2D eigenvalue weighted by molar-refractivity contribution is -0.117. The van der Waals surface area contributed by atoms with Gasteiger partial charge in [0.2, 0.25) is 5.91 Å². The predicted octanol–water partition coefficient (Wildman–Crippen LogP) is 1.86. The Balaban J connectivity index is 1.75. The second-order valence-corrected chi connectivity index (χ2v) is 5.53. The molecule has 0 bridgehead atoms. The van der Waals surface area contributed by atoms with E-state index in [2.05, 4.69) is 10.4 Å². The highest BCUT2D eigenvalue weighted by Gasteiger charge is 2.10. The van der Waals surface area contributed by atoms with Crippen molar-refractivity contribution in [3.63, 3.8) is 0 Å². The first-order valence-electron chi connectivity index (χ1n) is 6.65. The minimum absolute atomic E-state index is 0.120. The molecule has 0 spiro atoms. The molecule has 22 heavy (non-hydrogen) atoms. The summed E-state index contributed by atoms with van der Waals surface area (Å²) < 4.78 is 2.56. The molecule has 2 aromatic heterocycles. The highest BCUT2D eigenvalue weighted by atomic mass is 32.2. The van der Waals surface area contributed by atoms with Gasteiger partial charge in [0.05, 0.1) is 0 Å². The van der Waals surface area contributed by atoms with Gasteiger partial charge in [0.1, 0.15) is 6.54 Å². The van der Waals surface area contributed by atoms with Crippen molar-refractivity contribution in [1.29, 1.82) is 0 Å². The SMILES string of the molecule is CSc1ccc(NC(=O)Cn2nc3ccccn3c2=O)cc1. The van der Waals surface area contributed by atoms with Crippen LogP contribution in [0.3, 0.4) is 0 Å². The second kappa shape index (κ2) is 6.07. The zero-order valence-electron chi connectivity index (χ0n) is 11.9. The molecule has 1 N–H and O–H groups in total. The zero-order chi connectivity index (χ0) is 15.5. The van der Waals surface area contributed by atoms with E-state index in [1.807, 2.05) is 30.5 Å². The number of carbonyl (C=O) groups excluding carboxylic acids is 1. The predicted molar refractivity (Wildman–Crippen MR) is 86.3 cm³/mol. The van der Waals surface area contributed by atoms with Gasteiger partial charge in [-0.3, -0.25) is 9.20 Å².